The molecule has 0 heterocycles. The van der Waals surface area contributed by atoms with Gasteiger partial charge in [0.2, 0.25) is 0 Å². The molecule has 2 rings (SSSR count). The third kappa shape index (κ3) is 7.51. The summed E-state index contributed by atoms with van der Waals surface area (Å²) in [5.41, 5.74) is 0. The number of hydrogen-bond donors (Lipinski definition) is 0. The van der Waals surface area contributed by atoms with Crippen LogP contribution in [0.2, 0.25) is 0 Å². The van der Waals surface area contributed by atoms with Crippen molar-refractivity contribution in [3.8, 4) is 0 Å². The molecular weight excluding hydrogens is 796 g/mol. The predicted octanol–water partition coefficient (Wildman–Crippen LogP) is 8.79. The van der Waals surface area contributed by atoms with Crippen LogP contribution in [0.25, 0.3) is 0 Å². The fourth-order valence-corrected chi connectivity index (χ4v) is 7.88. The van der Waals surface area contributed by atoms with Gasteiger partial charge in [-0.05, 0) is 95.4 Å². The maximum absolute atomic E-state index is 2.45. The molecule has 2 atom stereocenters. The molecule has 23 heavy (non-hydrogen) atoms. The highest BCUT2D eigenvalue weighted by Crippen LogP contribution is 2.39. The molecule has 0 nitrogen and oxygen atoms in total. The van der Waals surface area contributed by atoms with E-state index in [2.05, 4.69) is 141 Å². The normalized spacial score (nSPS) is 13.8. The van der Waals surface area contributed by atoms with Crippen LogP contribution in [0.3, 0.4) is 0 Å². The van der Waals surface area contributed by atoms with Gasteiger partial charge in [0.05, 0.1) is 6.51 Å². The fraction of sp³-hybridized carbons (Fsp3) is 0.250. The van der Waals surface area contributed by atoms with Crippen LogP contribution in [0.4, 0.5) is 0 Å². The van der Waals surface area contributed by atoms with Gasteiger partial charge in [-0.3, -0.25) is 0 Å². The third-order valence-electron chi connectivity index (χ3n) is 2.62. The number of hydrogen-bond acceptors (Lipinski definition) is 3. The van der Waals surface area contributed by atoms with Crippen LogP contribution in [0.5, 0.6) is 0 Å². The van der Waals surface area contributed by atoms with E-state index in [1.165, 1.54) is 26.7 Å². The topological polar surface area (TPSA) is 0 Å². The quantitative estimate of drug-likeness (QED) is 0.163. The second-order valence-electron chi connectivity index (χ2n) is 4.61. The van der Waals surface area contributed by atoms with Gasteiger partial charge in [0.15, 0.2) is 0 Å². The van der Waals surface area contributed by atoms with Gasteiger partial charge in [-0.25, -0.2) is 0 Å². The summed E-state index contributed by atoms with van der Waals surface area (Å²) >= 11 is 15.5. The maximum Gasteiger partial charge on any atom is 0.0583 e. The van der Waals surface area contributed by atoms with Gasteiger partial charge < -0.3 is 0 Å². The van der Waals surface area contributed by atoms with Crippen LogP contribution in [0, 0.1) is 7.14 Å². The Labute approximate surface area is 205 Å². The van der Waals surface area contributed by atoms with E-state index >= 15 is 0 Å². The van der Waals surface area contributed by atoms with E-state index in [1.54, 1.807) is 0 Å². The van der Waals surface area contributed by atoms with Crippen molar-refractivity contribution in [1.29, 1.82) is 0 Å². The van der Waals surface area contributed by atoms with Crippen molar-refractivity contribution in [2.45, 2.75) is 39.9 Å². The molecule has 0 amide bonds. The molecule has 0 fully saturated rings. The highest BCUT2D eigenvalue weighted by atomic mass is 127. The molecule has 124 valence electrons. The van der Waals surface area contributed by atoms with Gasteiger partial charge >= 0.3 is 0 Å². The standard InChI is InChI=1S/C16H14I4S3/c1-9(17)21-11-3-5-15(13(19)7-11)23-16-6-4-12(8-14(16)20)22-10(2)18/h3-10H,1-2H3. The predicted molar refractivity (Wildman–Crippen MR) is 141 cm³/mol. The summed E-state index contributed by atoms with van der Waals surface area (Å²) in [4.78, 5) is 5.35. The average molecular weight is 810 g/mol. The molecule has 7 heteroatoms. The van der Waals surface area contributed by atoms with E-state index in [0.29, 0.717) is 6.51 Å². The van der Waals surface area contributed by atoms with Crippen molar-refractivity contribution in [3.05, 3.63) is 43.5 Å². The van der Waals surface area contributed by atoms with Crippen molar-refractivity contribution < 1.29 is 0 Å². The van der Waals surface area contributed by atoms with Crippen LogP contribution in [-0.2, 0) is 0 Å². The van der Waals surface area contributed by atoms with Crippen LogP contribution >= 0.6 is 126 Å². The first-order chi connectivity index (χ1) is 10.8. The Morgan fingerprint density at radius 3 is 1.43 bits per heavy atom. The summed E-state index contributed by atoms with van der Waals surface area (Å²) in [7, 11) is 0. The van der Waals surface area contributed by atoms with Gasteiger partial charge in [-0.1, -0.05) is 56.9 Å². The molecule has 0 saturated carbocycles. The first-order valence-electron chi connectivity index (χ1n) is 6.73. The zero-order valence-corrected chi connectivity index (χ0v) is 23.4. The summed E-state index contributed by atoms with van der Waals surface area (Å²) in [5, 5.41) is 0. The molecule has 0 radical (unpaired) electrons. The van der Waals surface area contributed by atoms with Crippen molar-refractivity contribution in [2.75, 3.05) is 0 Å². The Balaban J connectivity index is 2.15. The van der Waals surface area contributed by atoms with Gasteiger partial charge in [-0.2, -0.15) is 0 Å². The molecule has 0 aliphatic heterocycles. The van der Waals surface area contributed by atoms with Crippen molar-refractivity contribution in [3.63, 3.8) is 0 Å². The molecule has 0 spiro atoms. The Hall–Kier alpha value is 2.41. The van der Waals surface area contributed by atoms with E-state index in [1.807, 2.05) is 35.3 Å². The molecule has 0 N–H and O–H groups in total. The fourth-order valence-electron chi connectivity index (χ4n) is 1.77. The Kier molecular flexibility index (Phi) is 10.1. The SMILES string of the molecule is CC(I)Sc1ccc(Sc2ccc(SC(C)I)cc2I)c(I)c1. The number of benzene rings is 2. The van der Waals surface area contributed by atoms with E-state index in [9.17, 15) is 0 Å². The molecular formula is C16H14I4S3. The number of thioether (sulfide) groups is 2. The zero-order valence-electron chi connectivity index (χ0n) is 12.4. The summed E-state index contributed by atoms with van der Waals surface area (Å²) in [6.45, 7) is 4.44. The van der Waals surface area contributed by atoms with Crippen molar-refractivity contribution >= 4 is 126 Å². The van der Waals surface area contributed by atoms with E-state index < -0.39 is 0 Å². The minimum Gasteiger partial charge on any atom is -0.112 e. The molecule has 0 bridgehead atoms. The average Bonchev–Trinajstić information content (AvgIpc) is 2.43. The van der Waals surface area contributed by atoms with Crippen LogP contribution in [-0.4, -0.2) is 6.51 Å². The number of alkyl halides is 2. The van der Waals surface area contributed by atoms with Gasteiger partial charge in [0.1, 0.15) is 0 Å². The molecule has 2 unspecified atom stereocenters. The van der Waals surface area contributed by atoms with Crippen LogP contribution in [0.15, 0.2) is 56.0 Å². The van der Waals surface area contributed by atoms with Gasteiger partial charge in [0, 0.05) is 26.7 Å². The number of rotatable bonds is 6. The maximum atomic E-state index is 2.45. The monoisotopic (exact) mass is 810 g/mol. The minimum absolute atomic E-state index is 0.591. The van der Waals surface area contributed by atoms with Gasteiger partial charge in [-0.15, -0.1) is 23.5 Å². The molecule has 0 saturated heterocycles. The molecule has 0 aliphatic carbocycles. The lowest BCUT2D eigenvalue weighted by Crippen LogP contribution is -1.87. The van der Waals surface area contributed by atoms with E-state index in [-0.39, 0.29) is 0 Å². The summed E-state index contributed by atoms with van der Waals surface area (Å²) in [6, 6.07) is 13.5. The molecule has 2 aromatic rings. The Morgan fingerprint density at radius 2 is 1.13 bits per heavy atom. The van der Waals surface area contributed by atoms with Crippen LogP contribution < -0.4 is 0 Å². The highest BCUT2D eigenvalue weighted by Gasteiger charge is 2.09. The lowest BCUT2D eigenvalue weighted by atomic mass is 10.4. The highest BCUT2D eigenvalue weighted by molar-refractivity contribution is 14.1. The first-order valence-corrected chi connectivity index (χ1v) is 14.0. The lowest BCUT2D eigenvalue weighted by molar-refractivity contribution is 1.26. The second kappa shape index (κ2) is 10.7. The first kappa shape index (κ1) is 21.7. The van der Waals surface area contributed by atoms with E-state index in [0.717, 1.165) is 0 Å². The lowest BCUT2D eigenvalue weighted by Gasteiger charge is -2.11. The minimum atomic E-state index is 0.591. The molecule has 2 aromatic carbocycles. The van der Waals surface area contributed by atoms with Crippen molar-refractivity contribution in [2.24, 2.45) is 0 Å². The second-order valence-corrected chi connectivity index (χ2v) is 16.3. The third-order valence-corrected chi connectivity index (χ3v) is 9.52. The smallest absolute Gasteiger partial charge is 0.0583 e. The largest absolute Gasteiger partial charge is 0.112 e. The zero-order chi connectivity index (χ0) is 17.0. The van der Waals surface area contributed by atoms with Crippen LogP contribution in [0.1, 0.15) is 13.8 Å². The van der Waals surface area contributed by atoms with Gasteiger partial charge in [0.25, 0.3) is 0 Å². The Bertz CT molecular complexity index is 617. The Morgan fingerprint density at radius 1 is 0.739 bits per heavy atom. The molecule has 0 aliphatic rings. The van der Waals surface area contributed by atoms with Crippen molar-refractivity contribution in [1.82, 2.24) is 0 Å². The summed E-state index contributed by atoms with van der Waals surface area (Å²) in [5.74, 6) is 0. The summed E-state index contributed by atoms with van der Waals surface area (Å²) < 4.78 is 3.83. The van der Waals surface area contributed by atoms with E-state index in [4.69, 9.17) is 0 Å². The number of halogens is 4. The summed E-state index contributed by atoms with van der Waals surface area (Å²) in [6.07, 6.45) is 0. The molecule has 0 aromatic heterocycles.